The lowest BCUT2D eigenvalue weighted by Crippen LogP contribution is -2.40. The van der Waals surface area contributed by atoms with Crippen molar-refractivity contribution in [3.63, 3.8) is 0 Å². The smallest absolute Gasteiger partial charge is 0.191 e. The molecular weight excluding hydrogens is 373 g/mol. The van der Waals surface area contributed by atoms with Gasteiger partial charge in [-0.3, -0.25) is 9.20 Å². The summed E-state index contributed by atoms with van der Waals surface area (Å²) in [6.45, 7) is 0.661. The van der Waals surface area contributed by atoms with Crippen molar-refractivity contribution < 1.29 is 4.21 Å². The summed E-state index contributed by atoms with van der Waals surface area (Å²) in [6, 6.07) is 10.1. The van der Waals surface area contributed by atoms with Crippen molar-refractivity contribution in [2.24, 2.45) is 4.99 Å². The summed E-state index contributed by atoms with van der Waals surface area (Å²) in [7, 11) is 0.812. The Morgan fingerprint density at radius 1 is 1.37 bits per heavy atom. The molecule has 0 aliphatic heterocycles. The van der Waals surface area contributed by atoms with Crippen LogP contribution in [0.2, 0.25) is 0 Å². The quantitative estimate of drug-likeness (QED) is 0.455. The Morgan fingerprint density at radius 2 is 2.05 bits per heavy atom. The van der Waals surface area contributed by atoms with Crippen molar-refractivity contribution in [3.05, 3.63) is 30.3 Å². The average molecular weight is 393 g/mol. The molecule has 1 aliphatic rings. The number of nitrogens with one attached hydrogen (secondary N) is 2. The summed E-state index contributed by atoms with van der Waals surface area (Å²) >= 11 is 0. The van der Waals surface area contributed by atoms with Crippen LogP contribution in [0.1, 0.15) is 12.8 Å². The third-order valence-corrected chi connectivity index (χ3v) is 4.10. The molecule has 1 fully saturated rings. The second kappa shape index (κ2) is 8.52. The summed E-state index contributed by atoms with van der Waals surface area (Å²) in [6.07, 6.45) is 2.44. The molecule has 2 N–H and O–H groups in total. The molecule has 0 radical (unpaired) electrons. The molecule has 6 heteroatoms. The molecule has 0 heterocycles. The van der Waals surface area contributed by atoms with E-state index in [1.54, 1.807) is 7.05 Å². The SMILES string of the molecule is CN=C(NCCS(=O)c1ccccc1)NC1CC1.I. The van der Waals surface area contributed by atoms with Gasteiger partial charge in [-0.25, -0.2) is 0 Å². The number of rotatable bonds is 5. The highest BCUT2D eigenvalue weighted by atomic mass is 127. The van der Waals surface area contributed by atoms with Gasteiger partial charge in [0.05, 0.1) is 10.8 Å². The molecule has 0 amide bonds. The molecule has 106 valence electrons. The first kappa shape index (κ1) is 16.4. The highest BCUT2D eigenvalue weighted by Gasteiger charge is 2.21. The lowest BCUT2D eigenvalue weighted by atomic mass is 10.4. The molecule has 1 unspecified atom stereocenters. The maximum absolute atomic E-state index is 12.0. The minimum Gasteiger partial charge on any atom is -0.355 e. The van der Waals surface area contributed by atoms with E-state index in [0.29, 0.717) is 18.3 Å². The highest BCUT2D eigenvalue weighted by Crippen LogP contribution is 2.18. The molecular formula is C13H20IN3OS. The Bertz CT molecular complexity index is 435. The molecule has 1 aromatic rings. The molecule has 0 aromatic heterocycles. The second-order valence-electron chi connectivity index (χ2n) is 4.28. The van der Waals surface area contributed by atoms with E-state index >= 15 is 0 Å². The number of halogens is 1. The Morgan fingerprint density at radius 3 is 2.63 bits per heavy atom. The molecule has 1 aromatic carbocycles. The second-order valence-corrected chi connectivity index (χ2v) is 5.85. The van der Waals surface area contributed by atoms with E-state index in [9.17, 15) is 4.21 Å². The van der Waals surface area contributed by atoms with Crippen LogP contribution < -0.4 is 10.6 Å². The molecule has 1 saturated carbocycles. The minimum atomic E-state index is -0.944. The van der Waals surface area contributed by atoms with Gasteiger partial charge in [-0.15, -0.1) is 24.0 Å². The van der Waals surface area contributed by atoms with Crippen LogP contribution in [0.4, 0.5) is 0 Å². The third-order valence-electron chi connectivity index (χ3n) is 2.73. The number of hydrogen-bond donors (Lipinski definition) is 2. The Kier molecular flexibility index (Phi) is 7.37. The van der Waals surface area contributed by atoms with Crippen LogP contribution in [-0.4, -0.2) is 35.6 Å². The molecule has 4 nitrogen and oxygen atoms in total. The lowest BCUT2D eigenvalue weighted by Gasteiger charge is -2.10. The van der Waals surface area contributed by atoms with E-state index in [1.165, 1.54) is 12.8 Å². The number of hydrogen-bond acceptors (Lipinski definition) is 2. The van der Waals surface area contributed by atoms with Crippen LogP contribution in [0.15, 0.2) is 40.2 Å². The van der Waals surface area contributed by atoms with E-state index in [0.717, 1.165) is 10.9 Å². The average Bonchev–Trinajstić information content (AvgIpc) is 3.22. The van der Waals surface area contributed by atoms with Crippen molar-refractivity contribution in [1.29, 1.82) is 0 Å². The van der Waals surface area contributed by atoms with Crippen LogP contribution in [0, 0.1) is 0 Å². The van der Waals surface area contributed by atoms with Gasteiger partial charge >= 0.3 is 0 Å². The Hall–Kier alpha value is -0.630. The first-order valence-electron chi connectivity index (χ1n) is 6.20. The molecule has 0 bridgehead atoms. The molecule has 1 atom stereocenters. The Labute approximate surface area is 133 Å². The lowest BCUT2D eigenvalue weighted by molar-refractivity contribution is 0.681. The fraction of sp³-hybridized carbons (Fsp3) is 0.462. The van der Waals surface area contributed by atoms with Crippen molar-refractivity contribution in [2.75, 3.05) is 19.3 Å². The zero-order valence-electron chi connectivity index (χ0n) is 11.0. The number of benzene rings is 1. The molecule has 1 aliphatic carbocycles. The standard InChI is InChI=1S/C13H19N3OS.HI/c1-14-13(16-11-7-8-11)15-9-10-18(17)12-5-3-2-4-6-12;/h2-6,11H,7-10H2,1H3,(H2,14,15,16);1H. The van der Waals surface area contributed by atoms with Crippen LogP contribution in [0.3, 0.4) is 0 Å². The maximum atomic E-state index is 12.0. The van der Waals surface area contributed by atoms with Gasteiger partial charge in [0.1, 0.15) is 0 Å². The number of guanidine groups is 1. The summed E-state index contributed by atoms with van der Waals surface area (Å²) in [4.78, 5) is 5.01. The number of nitrogens with zero attached hydrogens (tertiary/aromatic N) is 1. The van der Waals surface area contributed by atoms with E-state index in [1.807, 2.05) is 30.3 Å². The van der Waals surface area contributed by atoms with Crippen LogP contribution >= 0.6 is 24.0 Å². The van der Waals surface area contributed by atoms with Crippen LogP contribution in [0.5, 0.6) is 0 Å². The van der Waals surface area contributed by atoms with Gasteiger partial charge in [-0.1, -0.05) is 18.2 Å². The van der Waals surface area contributed by atoms with Gasteiger partial charge in [0, 0.05) is 30.3 Å². The number of aliphatic imine (C=N–C) groups is 1. The minimum absolute atomic E-state index is 0. The fourth-order valence-electron chi connectivity index (χ4n) is 1.57. The van der Waals surface area contributed by atoms with Crippen molar-refractivity contribution in [3.8, 4) is 0 Å². The largest absolute Gasteiger partial charge is 0.355 e. The molecule has 0 spiro atoms. The third kappa shape index (κ3) is 5.90. The zero-order valence-corrected chi connectivity index (χ0v) is 14.1. The Balaban J connectivity index is 0.00000180. The van der Waals surface area contributed by atoms with Gasteiger partial charge in [-0.05, 0) is 25.0 Å². The zero-order chi connectivity index (χ0) is 12.8. The van der Waals surface area contributed by atoms with Gasteiger partial charge in [0.25, 0.3) is 0 Å². The van der Waals surface area contributed by atoms with E-state index in [-0.39, 0.29) is 24.0 Å². The van der Waals surface area contributed by atoms with E-state index in [2.05, 4.69) is 15.6 Å². The molecule has 19 heavy (non-hydrogen) atoms. The molecule has 0 saturated heterocycles. The topological polar surface area (TPSA) is 53.5 Å². The summed E-state index contributed by atoms with van der Waals surface area (Å²) in [5.41, 5.74) is 0. The van der Waals surface area contributed by atoms with E-state index < -0.39 is 10.8 Å². The monoisotopic (exact) mass is 393 g/mol. The van der Waals surface area contributed by atoms with Crippen LogP contribution in [-0.2, 0) is 10.8 Å². The predicted molar refractivity (Wildman–Crippen MR) is 90.7 cm³/mol. The van der Waals surface area contributed by atoms with Crippen LogP contribution in [0.25, 0.3) is 0 Å². The summed E-state index contributed by atoms with van der Waals surface area (Å²) in [5.74, 6) is 1.40. The first-order valence-corrected chi connectivity index (χ1v) is 7.52. The normalized spacial score (nSPS) is 16.4. The highest BCUT2D eigenvalue weighted by molar-refractivity contribution is 14.0. The molecule has 2 rings (SSSR count). The predicted octanol–water partition coefficient (Wildman–Crippen LogP) is 1.74. The van der Waals surface area contributed by atoms with Crippen molar-refractivity contribution in [1.82, 2.24) is 10.6 Å². The van der Waals surface area contributed by atoms with Gasteiger partial charge < -0.3 is 10.6 Å². The van der Waals surface area contributed by atoms with E-state index in [4.69, 9.17) is 0 Å². The summed E-state index contributed by atoms with van der Waals surface area (Å²) in [5, 5.41) is 6.48. The van der Waals surface area contributed by atoms with Gasteiger partial charge in [-0.2, -0.15) is 0 Å². The maximum Gasteiger partial charge on any atom is 0.191 e. The van der Waals surface area contributed by atoms with Gasteiger partial charge in [0.2, 0.25) is 0 Å². The van der Waals surface area contributed by atoms with Gasteiger partial charge in [0.15, 0.2) is 5.96 Å². The summed E-state index contributed by atoms with van der Waals surface area (Å²) < 4.78 is 12.0. The first-order chi connectivity index (χ1) is 8.79. The van der Waals surface area contributed by atoms with Crippen molar-refractivity contribution in [2.45, 2.75) is 23.8 Å². The van der Waals surface area contributed by atoms with Crippen molar-refractivity contribution >= 4 is 40.7 Å². The fourth-order valence-corrected chi connectivity index (χ4v) is 2.55.